The van der Waals surface area contributed by atoms with E-state index in [1.54, 1.807) is 62.8 Å². The van der Waals surface area contributed by atoms with E-state index in [2.05, 4.69) is 83.7 Å². The third-order valence-electron chi connectivity index (χ3n) is 16.9. The van der Waals surface area contributed by atoms with Crippen molar-refractivity contribution >= 4 is 73.7 Å². The van der Waals surface area contributed by atoms with Crippen LogP contribution in [0.3, 0.4) is 0 Å². The number of phenols is 2. The summed E-state index contributed by atoms with van der Waals surface area (Å²) in [7, 11) is 3.10. The molecule has 0 aliphatic heterocycles. The molecule has 0 heterocycles. The molecule has 14 aromatic rings. The third kappa shape index (κ3) is 17.5. The number of aromatic hydroxyl groups is 2. The lowest BCUT2D eigenvalue weighted by Gasteiger charge is -2.18. The number of ether oxygens (including phenoxy) is 2. The highest BCUT2D eigenvalue weighted by molar-refractivity contribution is 9.69. The second-order valence-electron chi connectivity index (χ2n) is 22.9. The summed E-state index contributed by atoms with van der Waals surface area (Å²) in [4.78, 5) is 0. The maximum atomic E-state index is 16.2. The molecule has 0 amide bonds. The second-order valence-corrected chi connectivity index (χ2v) is 30.2. The van der Waals surface area contributed by atoms with Crippen molar-refractivity contribution in [3.63, 3.8) is 0 Å². The van der Waals surface area contributed by atoms with E-state index in [0.717, 1.165) is 90.0 Å². The second kappa shape index (κ2) is 35.6. The zero-order valence-corrected chi connectivity index (χ0v) is 60.7. The maximum absolute atomic E-state index is 16.2. The van der Waals surface area contributed by atoms with Crippen LogP contribution in [0, 0.1) is 23.3 Å². The van der Waals surface area contributed by atoms with Crippen LogP contribution in [0.5, 0.6) is 23.0 Å². The van der Waals surface area contributed by atoms with E-state index in [1.807, 2.05) is 206 Å². The summed E-state index contributed by atoms with van der Waals surface area (Å²) in [5.74, 6) is -1.96. The molecule has 4 nitrogen and oxygen atoms in total. The van der Waals surface area contributed by atoms with Crippen molar-refractivity contribution in [2.45, 2.75) is 7.43 Å². The maximum Gasteiger partial charge on any atom is 0.369 e. The van der Waals surface area contributed by atoms with E-state index in [1.165, 1.54) is 12.1 Å². The lowest BCUT2D eigenvalue weighted by molar-refractivity contribution is 0.417. The zero-order valence-electron chi connectivity index (χ0n) is 54.4. The van der Waals surface area contributed by atoms with E-state index in [-0.39, 0.29) is 60.8 Å². The molecule has 0 unspecified atom stereocenters. The Kier molecular flexibility index (Phi) is 26.1. The number of para-hydroxylation sites is 4. The molecule has 0 saturated carbocycles. The van der Waals surface area contributed by atoms with Crippen LogP contribution in [0.25, 0.3) is 134 Å². The summed E-state index contributed by atoms with van der Waals surface area (Å²) in [5, 5.41) is 22.9. The highest BCUT2D eigenvalue weighted by Crippen LogP contribution is 2.48. The van der Waals surface area contributed by atoms with Gasteiger partial charge in [0.25, 0.3) is 0 Å². The Balaban J connectivity index is 0.000000200. The van der Waals surface area contributed by atoms with Gasteiger partial charge in [-0.2, -0.15) is 0 Å². The van der Waals surface area contributed by atoms with E-state index < -0.39 is 23.3 Å². The van der Waals surface area contributed by atoms with E-state index in [0.29, 0.717) is 33.8 Å². The summed E-state index contributed by atoms with van der Waals surface area (Å²) in [6.45, 7) is 0. The summed E-state index contributed by atoms with van der Waals surface area (Å²) >= 11 is 18.8. The standard InChI is InChI=1S/C44H32F2O2.C42H28F2O2.CH2Cl2.CH4.BBr3/c1-47-43-35(33-19-9-17-31(25-33)29-13-5-3-6-14-29)21-11-23-37(43)39-27-42(46)40(28-41(39)45)38-24-12-22-36(44(38)48-2)34-20-10-18-32(26-34)30-15-7-4-8-16-30;43-39-26-38(36-22-10-20-34(42(36)46)32-18-8-16-30(24-32)28-13-5-2-6-14-28)40(44)25-37(39)35-21-9-19-33(41(35)45)31-17-7-15-29(23-31)27-11-3-1-4-12-27;2-1-3;;2-1(3)4/h3-28H,1-2H3;1-26,45-46H;1H2;1H4;. The minimum atomic E-state index is -0.724. The van der Waals surface area contributed by atoms with Gasteiger partial charge in [-0.1, -0.05) is 274 Å². The van der Waals surface area contributed by atoms with Gasteiger partial charge in [0, 0.05) is 66.8 Å². The van der Waals surface area contributed by atoms with E-state index >= 15 is 17.6 Å². The first-order valence-corrected chi connectivity index (χ1v) is 35.6. The number of halogens is 9. The number of methoxy groups -OCH3 is 2. The molecule has 14 rings (SSSR count). The van der Waals surface area contributed by atoms with Gasteiger partial charge < -0.3 is 19.7 Å². The van der Waals surface area contributed by atoms with E-state index in [9.17, 15) is 10.2 Å². The first-order chi connectivity index (χ1) is 49.2. The van der Waals surface area contributed by atoms with Gasteiger partial charge in [-0.3, -0.25) is 0 Å². The molecule has 0 aromatic heterocycles. The van der Waals surface area contributed by atoms with Crippen LogP contribution in [0.4, 0.5) is 17.6 Å². The van der Waals surface area contributed by atoms with Crippen LogP contribution in [-0.4, -0.2) is 33.0 Å². The van der Waals surface area contributed by atoms with Crippen LogP contribution in [0.2, 0.25) is 0 Å². The fourth-order valence-corrected chi connectivity index (χ4v) is 12.3. The minimum absolute atomic E-state index is 0. The molecule has 0 spiro atoms. The van der Waals surface area contributed by atoms with Crippen LogP contribution in [0.15, 0.2) is 315 Å². The molecule has 14 aromatic carbocycles. The predicted molar refractivity (Wildman–Crippen MR) is 430 cm³/mol. The molecule has 0 radical (unpaired) electrons. The van der Waals surface area contributed by atoms with Crippen molar-refractivity contribution in [2.75, 3.05) is 19.6 Å². The van der Waals surface area contributed by atoms with Crippen molar-refractivity contribution in [1.29, 1.82) is 0 Å². The van der Waals surface area contributed by atoms with Crippen molar-refractivity contribution in [3.8, 4) is 157 Å². The number of benzene rings is 14. The van der Waals surface area contributed by atoms with Crippen molar-refractivity contribution < 1.29 is 37.2 Å². The average molecular weight is 1580 g/mol. The summed E-state index contributed by atoms with van der Waals surface area (Å²) in [5.41, 5.74) is 15.5. The molecule has 14 heteroatoms. The summed E-state index contributed by atoms with van der Waals surface area (Å²) < 4.78 is 76.0. The highest BCUT2D eigenvalue weighted by Gasteiger charge is 2.24. The highest BCUT2D eigenvalue weighted by atomic mass is 79.9. The Bertz CT molecular complexity index is 4850. The molecule has 2 N–H and O–H groups in total. The van der Waals surface area contributed by atoms with Gasteiger partial charge in [0.15, 0.2) is 0 Å². The van der Waals surface area contributed by atoms with Gasteiger partial charge in [0.2, 0.25) is 0 Å². The van der Waals surface area contributed by atoms with Gasteiger partial charge in [-0.05, 0) is 115 Å². The number of rotatable bonds is 14. The van der Waals surface area contributed by atoms with Crippen LogP contribution >= 0.6 is 70.5 Å². The molecule has 102 heavy (non-hydrogen) atoms. The molecule has 0 aliphatic rings. The molecule has 0 saturated heterocycles. The number of hydrogen-bond donors (Lipinski definition) is 2. The number of hydrogen-bond acceptors (Lipinski definition) is 4. The molecule has 508 valence electrons. The van der Waals surface area contributed by atoms with Crippen molar-refractivity contribution in [3.05, 3.63) is 339 Å². The topological polar surface area (TPSA) is 58.9 Å². The summed E-state index contributed by atoms with van der Waals surface area (Å²) in [6, 6.07) is 97.3. The smallest absolute Gasteiger partial charge is 0.369 e. The molecular weight excluding hydrogens is 1520 g/mol. The minimum Gasteiger partial charge on any atom is -0.507 e. The predicted octanol–water partition coefficient (Wildman–Crippen LogP) is 27.6. The van der Waals surface area contributed by atoms with Crippen LogP contribution < -0.4 is 9.47 Å². The Morgan fingerprint density at radius 2 is 0.451 bits per heavy atom. The Labute approximate surface area is 628 Å². The lowest BCUT2D eigenvalue weighted by atomic mass is 9.92. The quantitative estimate of drug-likeness (QED) is 0.0647. The molecule has 0 fully saturated rings. The largest absolute Gasteiger partial charge is 0.507 e. The fraction of sp³-hybridized carbons (Fsp3) is 0.0455. The Morgan fingerprint density at radius 1 is 0.265 bits per heavy atom. The van der Waals surface area contributed by atoms with Crippen molar-refractivity contribution in [1.82, 2.24) is 0 Å². The summed E-state index contributed by atoms with van der Waals surface area (Å²) in [6.07, 6.45) is 0. The van der Waals surface area contributed by atoms with Crippen LogP contribution in [-0.2, 0) is 0 Å². The van der Waals surface area contributed by atoms with Gasteiger partial charge in [-0.15, -0.1) is 70.5 Å². The Hall–Kier alpha value is -9.92. The van der Waals surface area contributed by atoms with Crippen molar-refractivity contribution in [2.24, 2.45) is 0 Å². The fourth-order valence-electron chi connectivity index (χ4n) is 12.3. The molecule has 0 aliphatic carbocycles. The molecule has 0 bridgehead atoms. The van der Waals surface area contributed by atoms with Gasteiger partial charge >= 0.3 is 3.18 Å². The zero-order chi connectivity index (χ0) is 70.9. The number of alkyl halides is 2. The lowest BCUT2D eigenvalue weighted by Crippen LogP contribution is -1.98. The molecule has 0 atom stereocenters. The Morgan fingerprint density at radius 3 is 0.706 bits per heavy atom. The van der Waals surface area contributed by atoms with Gasteiger partial charge in [-0.25, -0.2) is 17.6 Å². The van der Waals surface area contributed by atoms with Gasteiger partial charge in [0.1, 0.15) is 46.3 Å². The molecular formula is C88H66BBr3Cl2F4O4. The SMILES string of the molecule is BrB(Br)Br.C.COc1c(-c2cccc(-c3ccccc3)c2)cccc1-c1cc(F)c(-c2cccc(-c3cccc(-c4ccccc4)c3)c2OC)cc1F.ClCCl.Oc1c(-c2cccc(-c3ccccc3)c2)cccc1-c1cc(F)c(-c2cccc(-c3cccc(-c4ccccc4)c3)c2O)cc1F. The van der Waals surface area contributed by atoms with Gasteiger partial charge in [0.05, 0.1) is 19.6 Å². The average Bonchev–Trinajstić information content (AvgIpc) is 0.775. The first-order valence-electron chi connectivity index (χ1n) is 31.8. The first kappa shape index (κ1) is 74.8. The number of phenolic OH excluding ortho intramolecular Hbond substituents is 2. The monoisotopic (exact) mass is 1580 g/mol. The third-order valence-corrected chi connectivity index (χ3v) is 16.9. The van der Waals surface area contributed by atoms with E-state index in [4.69, 9.17) is 32.7 Å². The van der Waals surface area contributed by atoms with Crippen LogP contribution in [0.1, 0.15) is 7.43 Å². The normalized spacial score (nSPS) is 10.5.